The van der Waals surface area contributed by atoms with Gasteiger partial charge in [0.2, 0.25) is 0 Å². The molecule has 0 N–H and O–H groups in total. The van der Waals surface area contributed by atoms with E-state index >= 15 is 0 Å². The van der Waals surface area contributed by atoms with Crippen LogP contribution in [0.3, 0.4) is 0 Å². The lowest BCUT2D eigenvalue weighted by Gasteiger charge is -2.42. The molecule has 0 aromatic carbocycles. The van der Waals surface area contributed by atoms with Crippen molar-refractivity contribution < 1.29 is 4.43 Å². The molecule has 1 aliphatic rings. The zero-order valence-corrected chi connectivity index (χ0v) is 14.5. The van der Waals surface area contributed by atoms with Gasteiger partial charge in [0.15, 0.2) is 8.32 Å². The Hall–Kier alpha value is -0.603. The van der Waals surface area contributed by atoms with Crippen molar-refractivity contribution in [2.75, 3.05) is 0 Å². The van der Waals surface area contributed by atoms with Gasteiger partial charge in [0.25, 0.3) is 0 Å². The maximum Gasteiger partial charge on any atom is 0.192 e. The minimum atomic E-state index is -1.73. The van der Waals surface area contributed by atoms with E-state index in [9.17, 15) is 0 Å². The normalized spacial score (nSPS) is 27.7. The summed E-state index contributed by atoms with van der Waals surface area (Å²) in [7, 11) is -1.73. The predicted octanol–water partition coefficient (Wildman–Crippen LogP) is 5.48. The molecule has 0 spiro atoms. The molecular weight excluding hydrogens is 248 g/mol. The van der Waals surface area contributed by atoms with Crippen molar-refractivity contribution in [1.29, 1.82) is 0 Å². The van der Waals surface area contributed by atoms with E-state index in [2.05, 4.69) is 60.0 Å². The fourth-order valence-electron chi connectivity index (χ4n) is 2.25. The summed E-state index contributed by atoms with van der Waals surface area (Å²) in [5.41, 5.74) is 2.71. The third kappa shape index (κ3) is 3.93. The van der Waals surface area contributed by atoms with E-state index in [-0.39, 0.29) is 11.1 Å². The van der Waals surface area contributed by atoms with Crippen molar-refractivity contribution in [1.82, 2.24) is 0 Å². The standard InChI is InChI=1S/C17H30OSi/c1-9-10-15-11-13(2)14(3)16(12-15)18-19(7,8)17(4,5)6/h9-10,13,16H,1,3,11-12H2,2,4-8H3/b15-10-/t13-,16-/m1/s1. The second kappa shape index (κ2) is 5.80. The number of rotatable bonds is 3. The molecule has 1 saturated carbocycles. The molecule has 2 atom stereocenters. The Morgan fingerprint density at radius 3 is 2.32 bits per heavy atom. The highest BCUT2D eigenvalue weighted by Crippen LogP contribution is 2.41. The lowest BCUT2D eigenvalue weighted by Crippen LogP contribution is -2.45. The molecule has 0 unspecified atom stereocenters. The fraction of sp³-hybridized carbons (Fsp3) is 0.647. The Labute approximate surface area is 120 Å². The molecule has 1 nitrogen and oxygen atoms in total. The van der Waals surface area contributed by atoms with Crippen LogP contribution in [-0.2, 0) is 4.43 Å². The molecule has 0 aromatic rings. The van der Waals surface area contributed by atoms with Gasteiger partial charge in [0.1, 0.15) is 0 Å². The second-order valence-corrected chi connectivity index (χ2v) is 12.1. The summed E-state index contributed by atoms with van der Waals surface area (Å²) in [6.07, 6.45) is 6.31. The number of hydrogen-bond acceptors (Lipinski definition) is 1. The third-order valence-corrected chi connectivity index (χ3v) is 9.15. The van der Waals surface area contributed by atoms with Gasteiger partial charge in [0.05, 0.1) is 6.10 Å². The SMILES string of the molecule is C=C/C=C1/C[C@@H](C)C(=C)[C@H](O[Si](C)(C)C(C)(C)C)C1. The van der Waals surface area contributed by atoms with Crippen molar-refractivity contribution in [2.24, 2.45) is 5.92 Å². The van der Waals surface area contributed by atoms with E-state index < -0.39 is 8.32 Å². The number of allylic oxidation sites excluding steroid dienone is 2. The van der Waals surface area contributed by atoms with Gasteiger partial charge in [-0.2, -0.15) is 0 Å². The predicted molar refractivity (Wildman–Crippen MR) is 87.9 cm³/mol. The zero-order valence-electron chi connectivity index (χ0n) is 13.5. The summed E-state index contributed by atoms with van der Waals surface area (Å²) in [6.45, 7) is 21.8. The topological polar surface area (TPSA) is 9.23 Å². The van der Waals surface area contributed by atoms with Crippen molar-refractivity contribution in [2.45, 2.75) is 64.8 Å². The fourth-order valence-corrected chi connectivity index (χ4v) is 3.55. The first-order chi connectivity index (χ1) is 8.58. The summed E-state index contributed by atoms with van der Waals surface area (Å²) >= 11 is 0. The molecule has 0 amide bonds. The largest absolute Gasteiger partial charge is 0.410 e. The van der Waals surface area contributed by atoms with Gasteiger partial charge in [0, 0.05) is 0 Å². The molecule has 0 bridgehead atoms. The Morgan fingerprint density at radius 1 is 1.26 bits per heavy atom. The molecule has 0 saturated heterocycles. The summed E-state index contributed by atoms with van der Waals surface area (Å²) in [6, 6.07) is 0. The van der Waals surface area contributed by atoms with Crippen LogP contribution in [0, 0.1) is 5.92 Å². The Bertz CT molecular complexity index is 385. The first kappa shape index (κ1) is 16.5. The number of hydrogen-bond donors (Lipinski definition) is 0. The van der Waals surface area contributed by atoms with Gasteiger partial charge in [-0.15, -0.1) is 0 Å². The van der Waals surface area contributed by atoms with Crippen molar-refractivity contribution in [3.63, 3.8) is 0 Å². The summed E-state index contributed by atoms with van der Waals surface area (Å²) < 4.78 is 6.57. The summed E-state index contributed by atoms with van der Waals surface area (Å²) in [5, 5.41) is 0.246. The van der Waals surface area contributed by atoms with Gasteiger partial charge >= 0.3 is 0 Å². The molecule has 0 heterocycles. The van der Waals surface area contributed by atoms with E-state index in [1.165, 1.54) is 11.1 Å². The third-order valence-electron chi connectivity index (χ3n) is 4.66. The molecular formula is C17H30OSi. The van der Waals surface area contributed by atoms with Crippen LogP contribution in [-0.4, -0.2) is 14.4 Å². The highest BCUT2D eigenvalue weighted by Gasteiger charge is 2.41. The lowest BCUT2D eigenvalue weighted by molar-refractivity contribution is 0.189. The smallest absolute Gasteiger partial charge is 0.192 e. The summed E-state index contributed by atoms with van der Waals surface area (Å²) in [5.74, 6) is 0.509. The highest BCUT2D eigenvalue weighted by molar-refractivity contribution is 6.74. The van der Waals surface area contributed by atoms with Crippen LogP contribution in [0.5, 0.6) is 0 Å². The molecule has 19 heavy (non-hydrogen) atoms. The first-order valence-corrected chi connectivity index (χ1v) is 10.2. The average molecular weight is 279 g/mol. The molecule has 2 heteroatoms. The molecule has 1 fully saturated rings. The maximum atomic E-state index is 6.57. The Balaban J connectivity index is 2.89. The van der Waals surface area contributed by atoms with Crippen molar-refractivity contribution in [3.8, 4) is 0 Å². The van der Waals surface area contributed by atoms with Gasteiger partial charge in [-0.1, -0.05) is 58.6 Å². The monoisotopic (exact) mass is 278 g/mol. The van der Waals surface area contributed by atoms with E-state index in [1.807, 2.05) is 6.08 Å². The van der Waals surface area contributed by atoms with Crippen LogP contribution in [0.25, 0.3) is 0 Å². The second-order valence-electron chi connectivity index (χ2n) is 7.31. The molecule has 1 aliphatic carbocycles. The maximum absolute atomic E-state index is 6.57. The van der Waals surface area contributed by atoms with Crippen molar-refractivity contribution in [3.05, 3.63) is 36.5 Å². The van der Waals surface area contributed by atoms with Crippen LogP contribution in [0.4, 0.5) is 0 Å². The molecule has 0 radical (unpaired) electrons. The molecule has 108 valence electrons. The van der Waals surface area contributed by atoms with Crippen LogP contribution in [0.1, 0.15) is 40.5 Å². The van der Waals surface area contributed by atoms with E-state index in [1.54, 1.807) is 0 Å². The van der Waals surface area contributed by atoms with E-state index in [4.69, 9.17) is 4.43 Å². The van der Waals surface area contributed by atoms with E-state index in [0.717, 1.165) is 12.8 Å². The quantitative estimate of drug-likeness (QED) is 0.491. The minimum Gasteiger partial charge on any atom is -0.410 e. The van der Waals surface area contributed by atoms with Crippen LogP contribution >= 0.6 is 0 Å². The van der Waals surface area contributed by atoms with E-state index in [0.29, 0.717) is 5.92 Å². The molecule has 0 aromatic heterocycles. The Morgan fingerprint density at radius 2 is 1.84 bits per heavy atom. The van der Waals surface area contributed by atoms with Gasteiger partial charge < -0.3 is 4.43 Å². The van der Waals surface area contributed by atoms with Gasteiger partial charge in [-0.05, 0) is 42.5 Å². The molecule has 0 aliphatic heterocycles. The zero-order chi connectivity index (χ0) is 14.8. The minimum absolute atomic E-state index is 0.191. The Kier molecular flexibility index (Phi) is 5.02. The molecule has 1 rings (SSSR count). The van der Waals surface area contributed by atoms with Crippen LogP contribution < -0.4 is 0 Å². The van der Waals surface area contributed by atoms with Gasteiger partial charge in [-0.25, -0.2) is 0 Å². The first-order valence-electron chi connectivity index (χ1n) is 7.25. The van der Waals surface area contributed by atoms with Crippen LogP contribution in [0.15, 0.2) is 36.5 Å². The van der Waals surface area contributed by atoms with Gasteiger partial charge in [-0.3, -0.25) is 0 Å². The van der Waals surface area contributed by atoms with Crippen molar-refractivity contribution >= 4 is 8.32 Å². The highest BCUT2D eigenvalue weighted by atomic mass is 28.4. The van der Waals surface area contributed by atoms with Crippen LogP contribution in [0.2, 0.25) is 18.1 Å². The summed E-state index contributed by atoms with van der Waals surface area (Å²) in [4.78, 5) is 0. The lowest BCUT2D eigenvalue weighted by atomic mass is 9.81. The average Bonchev–Trinajstić information content (AvgIpc) is 2.23.